The van der Waals surface area contributed by atoms with Gasteiger partial charge in [-0.1, -0.05) is 23.7 Å². The highest BCUT2D eigenvalue weighted by molar-refractivity contribution is 6.30. The molecule has 2 amide bonds. The summed E-state index contributed by atoms with van der Waals surface area (Å²) in [6.45, 7) is 0.480. The van der Waals surface area contributed by atoms with E-state index in [1.54, 1.807) is 49.6 Å². The van der Waals surface area contributed by atoms with Gasteiger partial charge in [0.15, 0.2) is 5.82 Å². The van der Waals surface area contributed by atoms with Crippen molar-refractivity contribution in [3.63, 3.8) is 0 Å². The number of hydrogen-bond acceptors (Lipinski definition) is 4. The Morgan fingerprint density at radius 3 is 2.81 bits per heavy atom. The van der Waals surface area contributed by atoms with E-state index in [1.165, 1.54) is 9.25 Å². The van der Waals surface area contributed by atoms with Crippen LogP contribution in [0.15, 0.2) is 53.5 Å². The Morgan fingerprint density at radius 1 is 1.23 bits per heavy atom. The summed E-state index contributed by atoms with van der Waals surface area (Å²) in [4.78, 5) is 28.4. The molecule has 0 aliphatic carbocycles. The minimum absolute atomic E-state index is 0.239. The van der Waals surface area contributed by atoms with Crippen LogP contribution < -0.4 is 16.3 Å². The van der Waals surface area contributed by atoms with E-state index in [9.17, 15) is 9.59 Å². The fourth-order valence-corrected chi connectivity index (χ4v) is 2.56. The van der Waals surface area contributed by atoms with Crippen LogP contribution in [-0.2, 0) is 13.6 Å². The van der Waals surface area contributed by atoms with Crippen LogP contribution in [-0.4, -0.2) is 31.9 Å². The molecule has 1 aromatic carbocycles. The molecule has 3 aromatic rings. The number of nitrogens with zero attached hydrogens (tertiary/aromatic N) is 4. The lowest BCUT2D eigenvalue weighted by Gasteiger charge is -2.07. The summed E-state index contributed by atoms with van der Waals surface area (Å²) in [5.74, 6) is 0.471. The molecule has 0 bridgehead atoms. The van der Waals surface area contributed by atoms with Crippen molar-refractivity contribution >= 4 is 23.3 Å². The van der Waals surface area contributed by atoms with E-state index in [0.29, 0.717) is 22.2 Å². The Morgan fingerprint density at radius 2 is 2.08 bits per heavy atom. The third-order valence-electron chi connectivity index (χ3n) is 3.63. The first kappa shape index (κ1) is 17.7. The van der Waals surface area contributed by atoms with Crippen LogP contribution in [0.4, 0.5) is 10.5 Å². The highest BCUT2D eigenvalue weighted by Crippen LogP contribution is 2.14. The fourth-order valence-electron chi connectivity index (χ4n) is 2.37. The first-order valence-corrected chi connectivity index (χ1v) is 8.28. The van der Waals surface area contributed by atoms with Crippen LogP contribution in [0.25, 0.3) is 11.5 Å². The smallest absolute Gasteiger partial charge is 0.336 e. The normalized spacial score (nSPS) is 10.5. The Kier molecular flexibility index (Phi) is 5.33. The first-order chi connectivity index (χ1) is 12.5. The predicted molar refractivity (Wildman–Crippen MR) is 99.2 cm³/mol. The molecule has 3 rings (SSSR count). The molecule has 0 atom stereocenters. The van der Waals surface area contributed by atoms with Crippen LogP contribution in [0.3, 0.4) is 0 Å². The van der Waals surface area contributed by atoms with Gasteiger partial charge >= 0.3 is 11.7 Å². The Hall–Kier alpha value is -3.13. The molecule has 0 aliphatic rings. The van der Waals surface area contributed by atoms with E-state index >= 15 is 0 Å². The summed E-state index contributed by atoms with van der Waals surface area (Å²) in [5, 5.41) is 10.2. The number of urea groups is 1. The lowest BCUT2D eigenvalue weighted by molar-refractivity contribution is 0.251. The molecule has 8 nitrogen and oxygen atoms in total. The number of rotatable bonds is 5. The maximum Gasteiger partial charge on any atom is 0.346 e. The molecule has 0 saturated carbocycles. The summed E-state index contributed by atoms with van der Waals surface area (Å²) in [7, 11) is 1.63. The summed E-state index contributed by atoms with van der Waals surface area (Å²) in [5.41, 5.74) is 0.919. The summed E-state index contributed by atoms with van der Waals surface area (Å²) in [6, 6.07) is 11.8. The van der Waals surface area contributed by atoms with Crippen molar-refractivity contribution in [2.45, 2.75) is 6.54 Å². The van der Waals surface area contributed by atoms with Crippen LogP contribution in [0.2, 0.25) is 5.02 Å². The maximum atomic E-state index is 12.3. The van der Waals surface area contributed by atoms with Crippen molar-refractivity contribution in [2.24, 2.45) is 7.05 Å². The fraction of sp³-hybridized carbons (Fsp3) is 0.176. The number of halogens is 1. The number of carbonyl (C=O) groups is 1. The van der Waals surface area contributed by atoms with Crippen molar-refractivity contribution in [3.8, 4) is 11.5 Å². The summed E-state index contributed by atoms with van der Waals surface area (Å²) in [6.07, 6.45) is 1.64. The zero-order chi connectivity index (χ0) is 18.5. The number of nitrogens with one attached hydrogen (secondary N) is 2. The van der Waals surface area contributed by atoms with Crippen molar-refractivity contribution in [3.05, 3.63) is 64.2 Å². The second-order valence-corrected chi connectivity index (χ2v) is 5.93. The van der Waals surface area contributed by atoms with Gasteiger partial charge in [0.05, 0.1) is 6.54 Å². The van der Waals surface area contributed by atoms with Gasteiger partial charge in [0, 0.05) is 30.5 Å². The Labute approximate surface area is 154 Å². The van der Waals surface area contributed by atoms with Crippen LogP contribution in [0, 0.1) is 0 Å². The van der Waals surface area contributed by atoms with E-state index in [4.69, 9.17) is 11.6 Å². The van der Waals surface area contributed by atoms with Gasteiger partial charge in [0.25, 0.3) is 0 Å². The molecular weight excluding hydrogens is 356 g/mol. The van der Waals surface area contributed by atoms with Crippen molar-refractivity contribution in [1.29, 1.82) is 0 Å². The second kappa shape index (κ2) is 7.83. The van der Waals surface area contributed by atoms with Crippen molar-refractivity contribution < 1.29 is 4.79 Å². The van der Waals surface area contributed by atoms with Crippen LogP contribution in [0.1, 0.15) is 0 Å². The number of benzene rings is 1. The molecule has 2 aromatic heterocycles. The number of aromatic nitrogens is 4. The average molecular weight is 373 g/mol. The molecule has 0 radical (unpaired) electrons. The number of hydrogen-bond donors (Lipinski definition) is 2. The van der Waals surface area contributed by atoms with Crippen LogP contribution >= 0.6 is 11.6 Å². The van der Waals surface area contributed by atoms with E-state index in [-0.39, 0.29) is 24.8 Å². The van der Waals surface area contributed by atoms with Gasteiger partial charge in [-0.25, -0.2) is 14.3 Å². The third-order valence-corrected chi connectivity index (χ3v) is 3.86. The number of pyridine rings is 1. The topological polar surface area (TPSA) is 93.8 Å². The third kappa shape index (κ3) is 4.09. The van der Waals surface area contributed by atoms with Gasteiger partial charge in [-0.3, -0.25) is 9.55 Å². The molecule has 0 fully saturated rings. The molecule has 134 valence electrons. The van der Waals surface area contributed by atoms with Crippen LogP contribution in [0.5, 0.6) is 0 Å². The zero-order valence-corrected chi connectivity index (χ0v) is 14.8. The zero-order valence-electron chi connectivity index (χ0n) is 14.0. The minimum Gasteiger partial charge on any atom is -0.336 e. The number of anilines is 1. The Bertz CT molecular complexity index is 967. The predicted octanol–water partition coefficient (Wildman–Crippen LogP) is 2.12. The SMILES string of the molecule is Cn1c(-c2ccccn2)nn(CCNC(=O)Nc2cccc(Cl)c2)c1=O. The second-order valence-electron chi connectivity index (χ2n) is 5.49. The lowest BCUT2D eigenvalue weighted by Crippen LogP contribution is -2.34. The maximum absolute atomic E-state index is 12.3. The van der Waals surface area contributed by atoms with E-state index in [1.807, 2.05) is 6.07 Å². The molecule has 2 N–H and O–H groups in total. The molecule has 0 unspecified atom stereocenters. The van der Waals surface area contributed by atoms with E-state index in [2.05, 4.69) is 20.7 Å². The quantitative estimate of drug-likeness (QED) is 0.717. The lowest BCUT2D eigenvalue weighted by atomic mass is 10.3. The standard InChI is InChI=1S/C17H17ClN6O2/c1-23-15(14-7-2-3-8-19-14)22-24(17(23)26)10-9-20-16(25)21-13-6-4-5-12(18)11-13/h2-8,11H,9-10H2,1H3,(H2,20,21,25). The van der Waals surface area contributed by atoms with Gasteiger partial charge in [-0.2, -0.15) is 0 Å². The van der Waals surface area contributed by atoms with E-state index in [0.717, 1.165) is 0 Å². The minimum atomic E-state index is -0.388. The van der Waals surface area contributed by atoms with E-state index < -0.39 is 0 Å². The largest absolute Gasteiger partial charge is 0.346 e. The monoisotopic (exact) mass is 372 g/mol. The van der Waals surface area contributed by atoms with Crippen molar-refractivity contribution in [1.82, 2.24) is 24.6 Å². The Balaban J connectivity index is 1.60. The number of amides is 2. The van der Waals surface area contributed by atoms with Gasteiger partial charge < -0.3 is 10.6 Å². The van der Waals surface area contributed by atoms with Gasteiger partial charge in [-0.15, -0.1) is 5.10 Å². The molecule has 9 heteroatoms. The molecule has 26 heavy (non-hydrogen) atoms. The summed E-state index contributed by atoms with van der Waals surface area (Å²) < 4.78 is 2.72. The van der Waals surface area contributed by atoms with Gasteiger partial charge in [-0.05, 0) is 30.3 Å². The molecule has 2 heterocycles. The van der Waals surface area contributed by atoms with Gasteiger partial charge in [0.2, 0.25) is 0 Å². The molecule has 0 spiro atoms. The molecule has 0 aliphatic heterocycles. The summed E-state index contributed by atoms with van der Waals surface area (Å²) >= 11 is 5.87. The van der Waals surface area contributed by atoms with Gasteiger partial charge in [0.1, 0.15) is 5.69 Å². The number of carbonyl (C=O) groups excluding carboxylic acids is 1. The molecular formula is C17H17ClN6O2. The van der Waals surface area contributed by atoms with Crippen molar-refractivity contribution in [2.75, 3.05) is 11.9 Å². The highest BCUT2D eigenvalue weighted by atomic mass is 35.5. The highest BCUT2D eigenvalue weighted by Gasteiger charge is 2.12. The molecule has 0 saturated heterocycles. The average Bonchev–Trinajstić information content (AvgIpc) is 2.91. The first-order valence-electron chi connectivity index (χ1n) is 7.90.